The van der Waals surface area contributed by atoms with Crippen LogP contribution in [-0.4, -0.2) is 15.9 Å². The molecule has 0 saturated carbocycles. The molecule has 0 saturated heterocycles. The van der Waals surface area contributed by atoms with Crippen molar-refractivity contribution in [3.8, 4) is 23.7 Å². The van der Waals surface area contributed by atoms with Crippen LogP contribution in [0.1, 0.15) is 0 Å². The molecule has 0 aliphatic rings. The molecule has 0 spiro atoms. The van der Waals surface area contributed by atoms with Crippen molar-refractivity contribution in [1.82, 2.24) is 10.1 Å². The van der Waals surface area contributed by atoms with E-state index in [0.717, 1.165) is 5.56 Å². The topological polar surface area (TPSA) is 38.9 Å². The first-order valence-corrected chi connectivity index (χ1v) is 5.34. The van der Waals surface area contributed by atoms with E-state index in [9.17, 15) is 0 Å². The van der Waals surface area contributed by atoms with Gasteiger partial charge >= 0.3 is 0 Å². The highest BCUT2D eigenvalue weighted by molar-refractivity contribution is 7.99. The Balaban J connectivity index is 2.18. The fourth-order valence-corrected chi connectivity index (χ4v) is 1.52. The summed E-state index contributed by atoms with van der Waals surface area (Å²) in [6.07, 6.45) is 5.13. The molecule has 0 amide bonds. The minimum absolute atomic E-state index is 0.506. The minimum Gasteiger partial charge on any atom is -0.327 e. The Labute approximate surface area is 91.9 Å². The average Bonchev–Trinajstić information content (AvgIpc) is 2.76. The average molecular weight is 216 g/mol. The lowest BCUT2D eigenvalue weighted by Gasteiger charge is -1.90. The van der Waals surface area contributed by atoms with Gasteiger partial charge in [-0.1, -0.05) is 53.2 Å². The van der Waals surface area contributed by atoms with Crippen LogP contribution in [0.2, 0.25) is 0 Å². The van der Waals surface area contributed by atoms with Crippen LogP contribution in [-0.2, 0) is 0 Å². The van der Waals surface area contributed by atoms with E-state index in [1.165, 1.54) is 11.8 Å². The lowest BCUT2D eigenvalue weighted by Crippen LogP contribution is -1.79. The Kier molecular flexibility index (Phi) is 3.05. The smallest absolute Gasteiger partial charge is 0.286 e. The van der Waals surface area contributed by atoms with E-state index in [0.29, 0.717) is 16.8 Å². The summed E-state index contributed by atoms with van der Waals surface area (Å²) in [6, 6.07) is 9.67. The summed E-state index contributed by atoms with van der Waals surface area (Å²) in [7, 11) is 0. The number of hydrogen-bond acceptors (Lipinski definition) is 4. The van der Waals surface area contributed by atoms with Crippen LogP contribution >= 0.6 is 11.8 Å². The standard InChI is InChI=1S/C11H8N2OS/c1-2-8-15-11-12-10(13-14-11)9-6-4-3-5-7-9/h1,3-7H,8H2. The van der Waals surface area contributed by atoms with Crippen LogP contribution in [0.15, 0.2) is 40.1 Å². The van der Waals surface area contributed by atoms with Gasteiger partial charge in [0.2, 0.25) is 5.82 Å². The molecule has 0 radical (unpaired) electrons. The first-order chi connectivity index (χ1) is 7.40. The van der Waals surface area contributed by atoms with Crippen LogP contribution in [0.25, 0.3) is 11.4 Å². The molecule has 0 N–H and O–H groups in total. The van der Waals surface area contributed by atoms with E-state index >= 15 is 0 Å². The zero-order chi connectivity index (χ0) is 10.5. The molecule has 15 heavy (non-hydrogen) atoms. The molecular formula is C11H8N2OS. The summed E-state index contributed by atoms with van der Waals surface area (Å²) in [5, 5.41) is 4.37. The number of rotatable bonds is 3. The summed E-state index contributed by atoms with van der Waals surface area (Å²) >= 11 is 1.36. The maximum Gasteiger partial charge on any atom is 0.286 e. The van der Waals surface area contributed by atoms with Gasteiger partial charge < -0.3 is 4.52 Å². The lowest BCUT2D eigenvalue weighted by atomic mass is 10.2. The molecule has 0 aliphatic heterocycles. The third-order valence-corrected chi connectivity index (χ3v) is 2.44. The van der Waals surface area contributed by atoms with Gasteiger partial charge in [-0.3, -0.25) is 0 Å². The molecule has 2 rings (SSSR count). The van der Waals surface area contributed by atoms with Crippen molar-refractivity contribution < 1.29 is 4.52 Å². The second kappa shape index (κ2) is 4.67. The van der Waals surface area contributed by atoms with Gasteiger partial charge in [0.25, 0.3) is 5.22 Å². The molecule has 0 unspecified atom stereocenters. The largest absolute Gasteiger partial charge is 0.327 e. The summed E-state index contributed by atoms with van der Waals surface area (Å²) < 4.78 is 5.03. The summed E-state index contributed by atoms with van der Waals surface area (Å²) in [5.74, 6) is 3.63. The fourth-order valence-electron chi connectivity index (χ4n) is 1.08. The number of benzene rings is 1. The van der Waals surface area contributed by atoms with Gasteiger partial charge in [0.1, 0.15) is 0 Å². The van der Waals surface area contributed by atoms with Crippen molar-refractivity contribution in [2.45, 2.75) is 5.22 Å². The second-order valence-corrected chi connectivity index (χ2v) is 3.67. The van der Waals surface area contributed by atoms with E-state index in [1.54, 1.807) is 0 Å². The molecule has 1 aromatic carbocycles. The van der Waals surface area contributed by atoms with Crippen molar-refractivity contribution in [3.05, 3.63) is 30.3 Å². The molecule has 74 valence electrons. The molecule has 2 aromatic rings. The van der Waals surface area contributed by atoms with Gasteiger partial charge in [-0.15, -0.1) is 6.42 Å². The van der Waals surface area contributed by atoms with Crippen molar-refractivity contribution in [1.29, 1.82) is 0 Å². The van der Waals surface area contributed by atoms with Gasteiger partial charge in [-0.2, -0.15) is 4.98 Å². The monoisotopic (exact) mass is 216 g/mol. The predicted octanol–water partition coefficient (Wildman–Crippen LogP) is 2.46. The van der Waals surface area contributed by atoms with E-state index < -0.39 is 0 Å². The third kappa shape index (κ3) is 2.39. The molecule has 0 bridgehead atoms. The maximum atomic E-state index is 5.13. The van der Waals surface area contributed by atoms with Gasteiger partial charge in [-0.25, -0.2) is 0 Å². The second-order valence-electron chi connectivity index (χ2n) is 2.74. The Morgan fingerprint density at radius 3 is 2.87 bits per heavy atom. The summed E-state index contributed by atoms with van der Waals surface area (Å²) in [4.78, 5) is 4.21. The summed E-state index contributed by atoms with van der Waals surface area (Å²) in [5.41, 5.74) is 0.939. The highest BCUT2D eigenvalue weighted by atomic mass is 32.2. The van der Waals surface area contributed by atoms with Crippen molar-refractivity contribution >= 4 is 11.8 Å². The first-order valence-electron chi connectivity index (χ1n) is 4.35. The number of thioether (sulfide) groups is 1. The van der Waals surface area contributed by atoms with Crippen LogP contribution in [0, 0.1) is 12.3 Å². The fraction of sp³-hybridized carbons (Fsp3) is 0.0909. The number of hydrogen-bond donors (Lipinski definition) is 0. The number of terminal acetylenes is 1. The van der Waals surface area contributed by atoms with Crippen LogP contribution in [0.4, 0.5) is 0 Å². The van der Waals surface area contributed by atoms with Crippen LogP contribution in [0.3, 0.4) is 0 Å². The molecule has 0 fully saturated rings. The summed E-state index contributed by atoms with van der Waals surface area (Å²) in [6.45, 7) is 0. The molecule has 4 heteroatoms. The maximum absolute atomic E-state index is 5.13. The predicted molar refractivity (Wildman–Crippen MR) is 59.3 cm³/mol. The molecule has 1 aromatic heterocycles. The van der Waals surface area contributed by atoms with E-state index in [2.05, 4.69) is 16.1 Å². The van der Waals surface area contributed by atoms with Gasteiger partial charge in [0, 0.05) is 5.56 Å². The highest BCUT2D eigenvalue weighted by Gasteiger charge is 2.07. The van der Waals surface area contributed by atoms with Gasteiger partial charge in [0.05, 0.1) is 5.75 Å². The van der Waals surface area contributed by atoms with Gasteiger partial charge in [-0.05, 0) is 0 Å². The Hall–Kier alpha value is -1.73. The Morgan fingerprint density at radius 2 is 2.13 bits per heavy atom. The van der Waals surface area contributed by atoms with Crippen LogP contribution < -0.4 is 0 Å². The lowest BCUT2D eigenvalue weighted by molar-refractivity contribution is 0.341. The molecule has 0 aliphatic carbocycles. The minimum atomic E-state index is 0.506. The Bertz CT molecular complexity index is 473. The van der Waals surface area contributed by atoms with Crippen LogP contribution in [0.5, 0.6) is 0 Å². The van der Waals surface area contributed by atoms with Gasteiger partial charge in [0.15, 0.2) is 0 Å². The quantitative estimate of drug-likeness (QED) is 0.583. The zero-order valence-corrected chi connectivity index (χ0v) is 8.70. The number of aromatic nitrogens is 2. The molecule has 0 atom stereocenters. The first kappa shape index (κ1) is 9.81. The molecule has 1 heterocycles. The van der Waals surface area contributed by atoms with Crippen molar-refractivity contribution in [2.24, 2.45) is 0 Å². The van der Waals surface area contributed by atoms with Crippen molar-refractivity contribution in [2.75, 3.05) is 5.75 Å². The SMILES string of the molecule is C#CCSc1nc(-c2ccccc2)no1. The third-order valence-electron chi connectivity index (χ3n) is 1.72. The van der Waals surface area contributed by atoms with Crippen molar-refractivity contribution in [3.63, 3.8) is 0 Å². The molecule has 3 nitrogen and oxygen atoms in total. The molecular weight excluding hydrogens is 208 g/mol. The highest BCUT2D eigenvalue weighted by Crippen LogP contribution is 2.20. The Morgan fingerprint density at radius 1 is 1.33 bits per heavy atom. The van der Waals surface area contributed by atoms with E-state index in [4.69, 9.17) is 10.9 Å². The van der Waals surface area contributed by atoms with E-state index in [1.807, 2.05) is 30.3 Å². The van der Waals surface area contributed by atoms with E-state index in [-0.39, 0.29) is 0 Å². The normalized spacial score (nSPS) is 9.80. The zero-order valence-electron chi connectivity index (χ0n) is 7.88. The number of nitrogens with zero attached hydrogens (tertiary/aromatic N) is 2.